The van der Waals surface area contributed by atoms with Gasteiger partial charge < -0.3 is 49.6 Å². The van der Waals surface area contributed by atoms with Gasteiger partial charge in [-0.05, 0) is 12.8 Å². The Morgan fingerprint density at radius 1 is 1.06 bits per heavy atom. The number of alkyl halides is 1. The molecule has 1 fully saturated rings. The molecule has 19 nitrogen and oxygen atoms in total. The standard InChI is InChI=1S/C29H49FN3O16P/c1-16(2)21(31)24(38)42-13-33-20(35)9-10-32(27(33)39)26-28(8,40)25(48-19(7)34)29(11-30,49-26)12-45-50(41,46-14-43-22(36)17(3)4)47-15-44-23(37)18(5)6/h9-10,16-18,21-22,25-27,36,39-40H,11-15,31H2,1-8H3/t21?,22?,25-,26+,27?,28+,29+,50?/m0/s1. The van der Waals surface area contributed by atoms with Crippen molar-refractivity contribution in [2.24, 2.45) is 23.5 Å². The summed E-state index contributed by atoms with van der Waals surface area (Å²) in [6.07, 6.45) is -5.20. The molecular weight excluding hydrogens is 696 g/mol. The van der Waals surface area contributed by atoms with E-state index in [1.54, 1.807) is 27.7 Å². The summed E-state index contributed by atoms with van der Waals surface area (Å²) < 4.78 is 70.5. The van der Waals surface area contributed by atoms with Crippen LogP contribution in [-0.4, -0.2) is 125 Å². The van der Waals surface area contributed by atoms with Crippen LogP contribution in [0.1, 0.15) is 55.4 Å². The van der Waals surface area contributed by atoms with E-state index in [0.717, 1.165) is 31.0 Å². The van der Waals surface area contributed by atoms with Gasteiger partial charge in [0.2, 0.25) is 13.1 Å². The van der Waals surface area contributed by atoms with E-state index in [1.165, 1.54) is 13.8 Å². The van der Waals surface area contributed by atoms with Crippen LogP contribution in [0.4, 0.5) is 4.39 Å². The van der Waals surface area contributed by atoms with Crippen LogP contribution < -0.4 is 5.73 Å². The fourth-order valence-corrected chi connectivity index (χ4v) is 5.44. The Morgan fingerprint density at radius 3 is 2.22 bits per heavy atom. The minimum absolute atomic E-state index is 0.308. The lowest BCUT2D eigenvalue weighted by Gasteiger charge is -2.43. The predicted molar refractivity (Wildman–Crippen MR) is 166 cm³/mol. The van der Waals surface area contributed by atoms with Crippen molar-refractivity contribution in [1.82, 2.24) is 9.80 Å². The third kappa shape index (κ3) is 10.9. The van der Waals surface area contributed by atoms with Gasteiger partial charge >= 0.3 is 25.7 Å². The average Bonchev–Trinajstić information content (AvgIpc) is 3.24. The first kappa shape index (κ1) is 43.4. The van der Waals surface area contributed by atoms with Crippen molar-refractivity contribution in [1.29, 1.82) is 0 Å². The molecule has 0 saturated carbocycles. The zero-order valence-corrected chi connectivity index (χ0v) is 30.1. The van der Waals surface area contributed by atoms with Gasteiger partial charge in [-0.15, -0.1) is 0 Å². The van der Waals surface area contributed by atoms with Crippen LogP contribution >= 0.6 is 7.82 Å². The number of amides is 1. The van der Waals surface area contributed by atoms with Crippen molar-refractivity contribution in [2.75, 3.05) is 33.6 Å². The Morgan fingerprint density at radius 2 is 1.68 bits per heavy atom. The summed E-state index contributed by atoms with van der Waals surface area (Å²) in [7, 11) is -4.89. The van der Waals surface area contributed by atoms with Crippen LogP contribution in [-0.2, 0) is 61.0 Å². The van der Waals surface area contributed by atoms with Crippen LogP contribution in [0.5, 0.6) is 0 Å². The number of nitrogens with two attached hydrogens (primary N) is 1. The van der Waals surface area contributed by atoms with E-state index >= 15 is 4.39 Å². The molecule has 288 valence electrons. The molecule has 0 bridgehead atoms. The van der Waals surface area contributed by atoms with E-state index in [2.05, 4.69) is 0 Å². The quantitative estimate of drug-likeness (QED) is 0.0605. The van der Waals surface area contributed by atoms with Gasteiger partial charge in [-0.2, -0.15) is 0 Å². The highest BCUT2D eigenvalue weighted by Gasteiger charge is 2.66. The Bertz CT molecular complexity index is 1270. The highest BCUT2D eigenvalue weighted by atomic mass is 31.2. The van der Waals surface area contributed by atoms with Crippen LogP contribution in [0.15, 0.2) is 12.3 Å². The minimum atomic E-state index is -4.89. The summed E-state index contributed by atoms with van der Waals surface area (Å²) >= 11 is 0. The third-order valence-corrected chi connectivity index (χ3v) is 8.85. The second-order valence-electron chi connectivity index (χ2n) is 12.8. The third-order valence-electron chi connectivity index (χ3n) is 7.56. The summed E-state index contributed by atoms with van der Waals surface area (Å²) in [6.45, 7) is 6.30. The number of carbonyl (C=O) groups is 4. The highest BCUT2D eigenvalue weighted by Crippen LogP contribution is 2.52. The molecule has 0 aromatic heterocycles. The number of aliphatic hydroxyl groups excluding tert-OH is 2. The molecule has 21 heteroatoms. The van der Waals surface area contributed by atoms with Crippen molar-refractivity contribution in [2.45, 2.75) is 97.6 Å². The second-order valence-corrected chi connectivity index (χ2v) is 14.5. The Kier molecular flexibility index (Phi) is 15.7. The van der Waals surface area contributed by atoms with Gasteiger partial charge in [-0.25, -0.2) is 13.5 Å². The summed E-state index contributed by atoms with van der Waals surface area (Å²) in [4.78, 5) is 50.6. The number of ether oxygens (including phenoxy) is 5. The summed E-state index contributed by atoms with van der Waals surface area (Å²) in [6, 6.07) is -1.04. The molecule has 2 aliphatic heterocycles. The van der Waals surface area contributed by atoms with Crippen molar-refractivity contribution in [3.8, 4) is 0 Å². The number of hydrogen-bond donors (Lipinski definition) is 4. The zero-order valence-electron chi connectivity index (χ0n) is 29.3. The van der Waals surface area contributed by atoms with Crippen LogP contribution in [0, 0.1) is 17.8 Å². The van der Waals surface area contributed by atoms with Crippen molar-refractivity contribution in [3.63, 3.8) is 0 Å². The fraction of sp³-hybridized carbons (Fsp3) is 0.793. The maximum atomic E-state index is 15.2. The number of phosphoric ester groups is 1. The first-order valence-electron chi connectivity index (χ1n) is 15.6. The molecule has 5 N–H and O–H groups in total. The smallest absolute Gasteiger partial charge is 0.456 e. The number of phosphoric acid groups is 1. The Labute approximate surface area is 289 Å². The molecule has 1 amide bonds. The molecule has 0 aliphatic carbocycles. The number of rotatable bonds is 19. The van der Waals surface area contributed by atoms with E-state index in [4.69, 9.17) is 43.0 Å². The summed E-state index contributed by atoms with van der Waals surface area (Å²) in [5.74, 6) is -4.76. The maximum Gasteiger partial charge on any atom is 0.479 e. The molecule has 50 heavy (non-hydrogen) atoms. The topological polar surface area (TPSA) is 252 Å². The van der Waals surface area contributed by atoms with E-state index in [1.807, 2.05) is 0 Å². The Hall–Kier alpha value is -2.78. The molecule has 0 aromatic rings. The number of halogens is 1. The normalized spacial score (nSPS) is 27.8. The lowest BCUT2D eigenvalue weighted by Crippen LogP contribution is -2.61. The lowest BCUT2D eigenvalue weighted by atomic mass is 9.88. The lowest BCUT2D eigenvalue weighted by molar-refractivity contribution is -0.225. The van der Waals surface area contributed by atoms with E-state index < -0.39 is 119 Å². The first-order valence-corrected chi connectivity index (χ1v) is 17.1. The molecule has 4 unspecified atom stereocenters. The maximum absolute atomic E-state index is 15.2. The van der Waals surface area contributed by atoms with Gasteiger partial charge in [0.15, 0.2) is 37.7 Å². The predicted octanol–water partition coefficient (Wildman–Crippen LogP) is 0.415. The van der Waals surface area contributed by atoms with Gasteiger partial charge in [0, 0.05) is 25.1 Å². The van der Waals surface area contributed by atoms with Gasteiger partial charge in [-0.1, -0.05) is 41.5 Å². The number of esters is 3. The van der Waals surface area contributed by atoms with Gasteiger partial charge in [0.05, 0.1) is 12.5 Å². The molecule has 2 heterocycles. The van der Waals surface area contributed by atoms with Crippen LogP contribution in [0.3, 0.4) is 0 Å². The number of hydrogen-bond acceptors (Lipinski definition) is 18. The largest absolute Gasteiger partial charge is 0.479 e. The fourth-order valence-electron chi connectivity index (χ4n) is 4.47. The first-order chi connectivity index (χ1) is 23.1. The summed E-state index contributed by atoms with van der Waals surface area (Å²) in [5, 5.41) is 32.8. The monoisotopic (exact) mass is 745 g/mol. The van der Waals surface area contributed by atoms with E-state index in [0.29, 0.717) is 4.90 Å². The average molecular weight is 746 g/mol. The molecular formula is C29H49FN3O16P. The SMILES string of the molecule is CC(=O)O[C@@H]1[C@@](CF)(COP(=O)(OCOC(=O)C(C)C)OCOC(O)C(C)C)O[C@@H](N2C=CC(=O)N(COC(=O)C(N)C(C)C)C2O)[C@]1(C)O. The molecule has 2 aliphatic rings. The summed E-state index contributed by atoms with van der Waals surface area (Å²) in [5.41, 5.74) is 0.887. The Balaban J connectivity index is 2.40. The number of carbonyl (C=O) groups excluding carboxylic acids is 4. The molecule has 0 radical (unpaired) electrons. The van der Waals surface area contributed by atoms with E-state index in [9.17, 15) is 39.1 Å². The molecule has 1 saturated heterocycles. The number of aliphatic hydroxyl groups is 3. The zero-order chi connectivity index (χ0) is 38.2. The molecule has 2 rings (SSSR count). The number of nitrogens with zero attached hydrogens (tertiary/aromatic N) is 2. The second kappa shape index (κ2) is 18.1. The van der Waals surface area contributed by atoms with Crippen molar-refractivity contribution >= 4 is 31.6 Å². The molecule has 0 spiro atoms. The van der Waals surface area contributed by atoms with Gasteiger partial charge in [-0.3, -0.25) is 33.1 Å². The van der Waals surface area contributed by atoms with Gasteiger partial charge in [0.25, 0.3) is 5.91 Å². The minimum Gasteiger partial charge on any atom is -0.456 e. The van der Waals surface area contributed by atoms with Gasteiger partial charge in [0.1, 0.15) is 18.3 Å². The van der Waals surface area contributed by atoms with Crippen molar-refractivity contribution in [3.05, 3.63) is 12.3 Å². The van der Waals surface area contributed by atoms with Crippen molar-refractivity contribution < 1.29 is 80.7 Å². The molecule has 0 aromatic carbocycles. The molecule has 8 atom stereocenters. The van der Waals surface area contributed by atoms with Crippen LogP contribution in [0.25, 0.3) is 0 Å². The van der Waals surface area contributed by atoms with Crippen LogP contribution in [0.2, 0.25) is 0 Å². The highest BCUT2D eigenvalue weighted by molar-refractivity contribution is 7.48. The van der Waals surface area contributed by atoms with E-state index in [-0.39, 0.29) is 5.92 Å².